The molecule has 0 bridgehead atoms. The first-order valence-electron chi connectivity index (χ1n) is 5.27. The number of anilines is 1. The van der Waals surface area contributed by atoms with Gasteiger partial charge in [-0.1, -0.05) is 6.07 Å². The largest absolute Gasteiger partial charge is 0.508 e. The molecule has 0 saturated carbocycles. The molecule has 0 spiro atoms. The van der Waals surface area contributed by atoms with Gasteiger partial charge in [0.25, 0.3) is 5.91 Å². The maximum Gasteiger partial charge on any atom is 0.262 e. The molecule has 0 radical (unpaired) electrons. The number of rotatable bonds is 2. The highest BCUT2D eigenvalue weighted by molar-refractivity contribution is 6.05. The smallest absolute Gasteiger partial charge is 0.262 e. The van der Waals surface area contributed by atoms with Gasteiger partial charge in [0, 0.05) is 19.3 Å². The standard InChI is InChI=1S/C13H11FN2O2/c1-16(12-4-2-3-7-15-12)13(18)10-6-5-9(17)8-11(10)14/h2-8,17H,1H3. The maximum atomic E-state index is 13.5. The van der Waals surface area contributed by atoms with Gasteiger partial charge in [0.1, 0.15) is 17.4 Å². The number of pyridine rings is 1. The number of carbonyl (C=O) groups excluding carboxylic acids is 1. The van der Waals surface area contributed by atoms with Crippen LogP contribution in [-0.4, -0.2) is 23.0 Å². The molecule has 2 rings (SSSR count). The topological polar surface area (TPSA) is 53.4 Å². The average molecular weight is 246 g/mol. The third kappa shape index (κ3) is 2.29. The van der Waals surface area contributed by atoms with Crippen LogP contribution in [0, 0.1) is 5.82 Å². The van der Waals surface area contributed by atoms with Gasteiger partial charge in [0.2, 0.25) is 0 Å². The van der Waals surface area contributed by atoms with Crippen LogP contribution in [0.25, 0.3) is 0 Å². The van der Waals surface area contributed by atoms with Crippen LogP contribution in [0.5, 0.6) is 5.75 Å². The SMILES string of the molecule is CN(C(=O)c1ccc(O)cc1F)c1ccccn1. The first-order valence-corrected chi connectivity index (χ1v) is 5.27. The molecule has 0 aliphatic heterocycles. The summed E-state index contributed by atoms with van der Waals surface area (Å²) in [4.78, 5) is 17.3. The summed E-state index contributed by atoms with van der Waals surface area (Å²) in [5.74, 6) is -1.08. The molecule has 0 fully saturated rings. The van der Waals surface area contributed by atoms with Crippen LogP contribution < -0.4 is 4.90 Å². The first kappa shape index (κ1) is 12.0. The average Bonchev–Trinajstić information content (AvgIpc) is 2.38. The number of phenolic OH excluding ortho intramolecular Hbond substituents is 1. The second kappa shape index (κ2) is 4.83. The molecule has 2 aromatic rings. The summed E-state index contributed by atoms with van der Waals surface area (Å²) in [5.41, 5.74) is -0.110. The Bertz CT molecular complexity index is 572. The summed E-state index contributed by atoms with van der Waals surface area (Å²) in [6, 6.07) is 8.52. The number of benzene rings is 1. The molecule has 0 unspecified atom stereocenters. The Morgan fingerprint density at radius 1 is 1.33 bits per heavy atom. The van der Waals surface area contributed by atoms with Gasteiger partial charge in [-0.25, -0.2) is 9.37 Å². The molecule has 92 valence electrons. The van der Waals surface area contributed by atoms with Crippen LogP contribution in [0.15, 0.2) is 42.6 Å². The Morgan fingerprint density at radius 2 is 2.11 bits per heavy atom. The minimum atomic E-state index is -0.761. The molecule has 0 saturated heterocycles. The Kier molecular flexibility index (Phi) is 3.23. The van der Waals surface area contributed by atoms with Gasteiger partial charge in [-0.05, 0) is 24.3 Å². The van der Waals surface area contributed by atoms with Gasteiger partial charge >= 0.3 is 0 Å². The monoisotopic (exact) mass is 246 g/mol. The van der Waals surface area contributed by atoms with Crippen molar-refractivity contribution in [2.75, 3.05) is 11.9 Å². The molecule has 5 heteroatoms. The van der Waals surface area contributed by atoms with E-state index in [2.05, 4.69) is 4.98 Å². The van der Waals surface area contributed by atoms with Crippen LogP contribution in [0.1, 0.15) is 10.4 Å². The molecule has 1 aromatic carbocycles. The van der Waals surface area contributed by atoms with E-state index in [9.17, 15) is 9.18 Å². The summed E-state index contributed by atoms with van der Waals surface area (Å²) in [6.45, 7) is 0. The van der Waals surface area contributed by atoms with E-state index in [1.807, 2.05) is 0 Å². The summed E-state index contributed by atoms with van der Waals surface area (Å²) >= 11 is 0. The number of aromatic nitrogens is 1. The molecule has 1 N–H and O–H groups in total. The number of hydrogen-bond donors (Lipinski definition) is 1. The van der Waals surface area contributed by atoms with Gasteiger partial charge in [0.15, 0.2) is 0 Å². The fourth-order valence-corrected chi connectivity index (χ4v) is 1.51. The van der Waals surface area contributed by atoms with E-state index < -0.39 is 11.7 Å². The lowest BCUT2D eigenvalue weighted by molar-refractivity contribution is 0.0988. The number of nitrogens with zero attached hydrogens (tertiary/aromatic N) is 2. The second-order valence-corrected chi connectivity index (χ2v) is 3.72. The molecular formula is C13H11FN2O2. The van der Waals surface area contributed by atoms with Crippen molar-refractivity contribution in [2.45, 2.75) is 0 Å². The zero-order valence-corrected chi connectivity index (χ0v) is 9.67. The Hall–Kier alpha value is -2.43. The van der Waals surface area contributed by atoms with Gasteiger partial charge in [-0.2, -0.15) is 0 Å². The summed E-state index contributed by atoms with van der Waals surface area (Å²) in [5, 5.41) is 9.10. The highest BCUT2D eigenvalue weighted by Crippen LogP contribution is 2.18. The minimum Gasteiger partial charge on any atom is -0.508 e. The Morgan fingerprint density at radius 3 is 2.72 bits per heavy atom. The third-order valence-corrected chi connectivity index (χ3v) is 2.48. The van der Waals surface area contributed by atoms with Gasteiger partial charge in [-0.15, -0.1) is 0 Å². The van der Waals surface area contributed by atoms with Crippen LogP contribution in [0.3, 0.4) is 0 Å². The first-order chi connectivity index (χ1) is 8.59. The van der Waals surface area contributed by atoms with Gasteiger partial charge < -0.3 is 5.11 Å². The van der Waals surface area contributed by atoms with Gasteiger partial charge in [-0.3, -0.25) is 9.69 Å². The number of halogens is 1. The fourth-order valence-electron chi connectivity index (χ4n) is 1.51. The lowest BCUT2D eigenvalue weighted by Crippen LogP contribution is -2.27. The molecule has 1 heterocycles. The van der Waals surface area contributed by atoms with Crippen molar-refractivity contribution in [2.24, 2.45) is 0 Å². The van der Waals surface area contributed by atoms with Crippen LogP contribution in [0.2, 0.25) is 0 Å². The second-order valence-electron chi connectivity index (χ2n) is 3.72. The van der Waals surface area contributed by atoms with E-state index in [1.165, 1.54) is 24.1 Å². The van der Waals surface area contributed by atoms with E-state index in [0.29, 0.717) is 5.82 Å². The van der Waals surface area contributed by atoms with E-state index in [-0.39, 0.29) is 11.3 Å². The highest BCUT2D eigenvalue weighted by atomic mass is 19.1. The number of aromatic hydroxyl groups is 1. The summed E-state index contributed by atoms with van der Waals surface area (Å²) in [7, 11) is 1.51. The quantitative estimate of drug-likeness (QED) is 0.883. The van der Waals surface area contributed by atoms with Crippen LogP contribution >= 0.6 is 0 Å². The van der Waals surface area contributed by atoms with Crippen molar-refractivity contribution in [3.8, 4) is 5.75 Å². The van der Waals surface area contributed by atoms with Crippen molar-refractivity contribution < 1.29 is 14.3 Å². The van der Waals surface area contributed by atoms with Crippen molar-refractivity contribution in [1.29, 1.82) is 0 Å². The molecule has 0 atom stereocenters. The highest BCUT2D eigenvalue weighted by Gasteiger charge is 2.18. The molecule has 18 heavy (non-hydrogen) atoms. The molecule has 0 aliphatic rings. The van der Waals surface area contributed by atoms with Crippen molar-refractivity contribution in [1.82, 2.24) is 4.98 Å². The molecular weight excluding hydrogens is 235 g/mol. The predicted octanol–water partition coefficient (Wildman–Crippen LogP) is 2.20. The molecule has 4 nitrogen and oxygen atoms in total. The van der Waals surface area contributed by atoms with E-state index in [0.717, 1.165) is 6.07 Å². The Balaban J connectivity index is 2.32. The minimum absolute atomic E-state index is 0.110. The Labute approximate surface area is 103 Å². The number of phenols is 1. The zero-order valence-electron chi connectivity index (χ0n) is 9.67. The lowest BCUT2D eigenvalue weighted by Gasteiger charge is -2.16. The summed E-state index contributed by atoms with van der Waals surface area (Å²) in [6.07, 6.45) is 1.55. The molecule has 0 aliphatic carbocycles. The number of hydrogen-bond acceptors (Lipinski definition) is 3. The zero-order chi connectivity index (χ0) is 13.1. The van der Waals surface area contributed by atoms with E-state index >= 15 is 0 Å². The van der Waals surface area contributed by atoms with Crippen LogP contribution in [-0.2, 0) is 0 Å². The third-order valence-electron chi connectivity index (χ3n) is 2.48. The van der Waals surface area contributed by atoms with Crippen molar-refractivity contribution in [3.05, 3.63) is 54.0 Å². The summed E-state index contributed by atoms with van der Waals surface area (Å²) < 4.78 is 13.5. The number of carbonyl (C=O) groups is 1. The fraction of sp³-hybridized carbons (Fsp3) is 0.0769. The number of amides is 1. The molecule has 1 amide bonds. The van der Waals surface area contributed by atoms with Crippen molar-refractivity contribution in [3.63, 3.8) is 0 Å². The lowest BCUT2D eigenvalue weighted by atomic mass is 10.2. The normalized spacial score (nSPS) is 10.1. The van der Waals surface area contributed by atoms with E-state index in [1.54, 1.807) is 24.4 Å². The predicted molar refractivity (Wildman–Crippen MR) is 65.0 cm³/mol. The van der Waals surface area contributed by atoms with Gasteiger partial charge in [0.05, 0.1) is 5.56 Å². The van der Waals surface area contributed by atoms with E-state index in [4.69, 9.17) is 5.11 Å². The maximum absolute atomic E-state index is 13.5. The van der Waals surface area contributed by atoms with Crippen molar-refractivity contribution >= 4 is 11.7 Å². The molecule has 1 aromatic heterocycles. The van der Waals surface area contributed by atoms with Crippen LogP contribution in [0.4, 0.5) is 10.2 Å².